The van der Waals surface area contributed by atoms with E-state index in [0.29, 0.717) is 23.6 Å². The Hall–Kier alpha value is -2.87. The first-order valence-electron chi connectivity index (χ1n) is 8.87. The van der Waals surface area contributed by atoms with Gasteiger partial charge in [-0.25, -0.2) is 0 Å². The van der Waals surface area contributed by atoms with Crippen LogP contribution >= 0.6 is 11.8 Å². The van der Waals surface area contributed by atoms with Gasteiger partial charge >= 0.3 is 0 Å². The lowest BCUT2D eigenvalue weighted by Gasteiger charge is -2.10. The van der Waals surface area contributed by atoms with Crippen LogP contribution in [0.5, 0.6) is 5.75 Å². The summed E-state index contributed by atoms with van der Waals surface area (Å²) in [5.41, 5.74) is 3.39. The summed E-state index contributed by atoms with van der Waals surface area (Å²) in [6, 6.07) is 11.3. The highest BCUT2D eigenvalue weighted by Crippen LogP contribution is 2.24. The van der Waals surface area contributed by atoms with Crippen LogP contribution in [0.1, 0.15) is 23.7 Å². The van der Waals surface area contributed by atoms with Crippen LogP contribution in [0, 0.1) is 0 Å². The number of carbonyl (C=O) groups excluding carboxylic acids is 2. The van der Waals surface area contributed by atoms with Gasteiger partial charge in [0.25, 0.3) is 5.24 Å². The zero-order valence-electron chi connectivity index (χ0n) is 15.7. The molecule has 1 aliphatic heterocycles. The summed E-state index contributed by atoms with van der Waals surface area (Å²) in [5.74, 6) is 0.426. The number of nitrogens with one attached hydrogen (secondary N) is 1. The highest BCUT2D eigenvalue weighted by molar-refractivity contribution is 8.15. The molecule has 1 N–H and O–H groups in total. The maximum absolute atomic E-state index is 11.7. The van der Waals surface area contributed by atoms with Crippen LogP contribution in [0.4, 0.5) is 4.79 Å². The SMILES string of the molecule is CCc1ccc(C(COc2ccc(CC3SC(=O)NC3=O)cc2)=NOC)nc1. The lowest BCUT2D eigenvalue weighted by molar-refractivity contribution is -0.118. The normalized spacial score (nSPS) is 16.8. The topological polar surface area (TPSA) is 89.9 Å². The first-order chi connectivity index (χ1) is 13.6. The summed E-state index contributed by atoms with van der Waals surface area (Å²) in [7, 11) is 1.48. The molecule has 0 radical (unpaired) electrons. The maximum Gasteiger partial charge on any atom is 0.286 e. The number of hydrogen-bond donors (Lipinski definition) is 1. The molecule has 146 valence electrons. The molecule has 7 nitrogen and oxygen atoms in total. The van der Waals surface area contributed by atoms with Gasteiger partial charge in [0.05, 0.1) is 10.9 Å². The Morgan fingerprint density at radius 3 is 2.50 bits per heavy atom. The number of ether oxygens (including phenoxy) is 1. The molecule has 2 heterocycles. The number of amides is 2. The summed E-state index contributed by atoms with van der Waals surface area (Å²) >= 11 is 1.03. The van der Waals surface area contributed by atoms with E-state index in [4.69, 9.17) is 9.57 Å². The van der Waals surface area contributed by atoms with Crippen molar-refractivity contribution in [2.45, 2.75) is 25.0 Å². The third kappa shape index (κ3) is 5.10. The maximum atomic E-state index is 11.7. The van der Waals surface area contributed by atoms with Crippen molar-refractivity contribution in [3.05, 3.63) is 59.4 Å². The number of carbonyl (C=O) groups is 2. The lowest BCUT2D eigenvalue weighted by Crippen LogP contribution is -2.25. The van der Waals surface area contributed by atoms with Crippen LogP contribution in [0.15, 0.2) is 47.8 Å². The van der Waals surface area contributed by atoms with Crippen molar-refractivity contribution in [1.29, 1.82) is 0 Å². The molecule has 1 fully saturated rings. The molecule has 1 aliphatic rings. The van der Waals surface area contributed by atoms with E-state index in [2.05, 4.69) is 22.4 Å². The van der Waals surface area contributed by atoms with Gasteiger partial charge in [0.1, 0.15) is 25.2 Å². The van der Waals surface area contributed by atoms with E-state index in [9.17, 15) is 9.59 Å². The largest absolute Gasteiger partial charge is 0.487 e. The van der Waals surface area contributed by atoms with Crippen molar-refractivity contribution >= 4 is 28.6 Å². The van der Waals surface area contributed by atoms with Gasteiger partial charge < -0.3 is 9.57 Å². The van der Waals surface area contributed by atoms with E-state index in [0.717, 1.165) is 29.3 Å². The Bertz CT molecular complexity index is 866. The third-order valence-electron chi connectivity index (χ3n) is 4.22. The van der Waals surface area contributed by atoms with Gasteiger partial charge in [-0.05, 0) is 42.2 Å². The van der Waals surface area contributed by atoms with Gasteiger partial charge in [-0.15, -0.1) is 0 Å². The number of aromatic nitrogens is 1. The molecule has 0 aliphatic carbocycles. The summed E-state index contributed by atoms with van der Waals surface area (Å²) < 4.78 is 5.81. The molecular formula is C20H21N3O4S. The van der Waals surface area contributed by atoms with Crippen LogP contribution < -0.4 is 10.1 Å². The molecule has 1 unspecified atom stereocenters. The molecular weight excluding hydrogens is 378 g/mol. The Morgan fingerprint density at radius 1 is 1.18 bits per heavy atom. The standard InChI is InChI=1S/C20H21N3O4S/c1-3-13-6-9-16(21-11-13)17(23-26-2)12-27-15-7-4-14(5-8-15)10-18-19(24)22-20(25)28-18/h4-9,11,18H,3,10,12H2,1-2H3,(H,22,24,25). The van der Waals surface area contributed by atoms with Crippen molar-refractivity contribution in [2.24, 2.45) is 5.16 Å². The Kier molecular flexibility index (Phi) is 6.65. The fourth-order valence-electron chi connectivity index (χ4n) is 2.68. The van der Waals surface area contributed by atoms with Gasteiger partial charge in [0.2, 0.25) is 5.91 Å². The number of pyridine rings is 1. The van der Waals surface area contributed by atoms with Crippen molar-refractivity contribution in [3.8, 4) is 5.75 Å². The molecule has 2 aromatic rings. The zero-order chi connectivity index (χ0) is 19.9. The van der Waals surface area contributed by atoms with E-state index in [-0.39, 0.29) is 23.0 Å². The number of imide groups is 1. The lowest BCUT2D eigenvalue weighted by atomic mass is 10.1. The molecule has 0 bridgehead atoms. The van der Waals surface area contributed by atoms with E-state index in [1.807, 2.05) is 42.6 Å². The van der Waals surface area contributed by atoms with Crippen LogP contribution in [0.3, 0.4) is 0 Å². The number of rotatable bonds is 8. The van der Waals surface area contributed by atoms with Crippen LogP contribution in [-0.4, -0.2) is 40.8 Å². The highest BCUT2D eigenvalue weighted by atomic mass is 32.2. The molecule has 1 atom stereocenters. The van der Waals surface area contributed by atoms with E-state index in [1.165, 1.54) is 7.11 Å². The number of benzene rings is 1. The molecule has 8 heteroatoms. The van der Waals surface area contributed by atoms with E-state index in [1.54, 1.807) is 0 Å². The summed E-state index contributed by atoms with van der Waals surface area (Å²) in [6.45, 7) is 2.28. The van der Waals surface area contributed by atoms with Crippen LogP contribution in [-0.2, 0) is 22.5 Å². The van der Waals surface area contributed by atoms with Gasteiger partial charge in [0, 0.05) is 6.20 Å². The van der Waals surface area contributed by atoms with Crippen LogP contribution in [0.2, 0.25) is 0 Å². The van der Waals surface area contributed by atoms with E-state index >= 15 is 0 Å². The number of thioether (sulfide) groups is 1. The molecule has 28 heavy (non-hydrogen) atoms. The molecule has 1 saturated heterocycles. The number of aryl methyl sites for hydroxylation is 1. The van der Waals surface area contributed by atoms with Gasteiger partial charge in [0.15, 0.2) is 0 Å². The van der Waals surface area contributed by atoms with Crippen molar-refractivity contribution in [1.82, 2.24) is 10.3 Å². The summed E-state index contributed by atoms with van der Waals surface area (Å²) in [4.78, 5) is 32.2. The Balaban J connectivity index is 1.60. The van der Waals surface area contributed by atoms with Gasteiger partial charge in [-0.3, -0.25) is 19.9 Å². The van der Waals surface area contributed by atoms with Crippen molar-refractivity contribution in [2.75, 3.05) is 13.7 Å². The number of hydrogen-bond acceptors (Lipinski definition) is 7. The minimum absolute atomic E-state index is 0.209. The zero-order valence-corrected chi connectivity index (χ0v) is 16.5. The molecule has 1 aromatic carbocycles. The average molecular weight is 399 g/mol. The molecule has 2 amide bonds. The Morgan fingerprint density at radius 2 is 1.93 bits per heavy atom. The minimum atomic E-state index is -0.378. The smallest absolute Gasteiger partial charge is 0.286 e. The molecule has 1 aromatic heterocycles. The second kappa shape index (κ2) is 9.36. The second-order valence-corrected chi connectivity index (χ2v) is 7.32. The van der Waals surface area contributed by atoms with Gasteiger partial charge in [-0.1, -0.05) is 42.0 Å². The molecule has 0 spiro atoms. The molecule has 3 rings (SSSR count). The molecule has 0 saturated carbocycles. The van der Waals surface area contributed by atoms with Gasteiger partial charge in [-0.2, -0.15) is 0 Å². The second-order valence-electron chi connectivity index (χ2n) is 6.15. The van der Waals surface area contributed by atoms with Crippen LogP contribution in [0.25, 0.3) is 0 Å². The van der Waals surface area contributed by atoms with Crippen molar-refractivity contribution < 1.29 is 19.2 Å². The predicted molar refractivity (Wildman–Crippen MR) is 108 cm³/mol. The monoisotopic (exact) mass is 399 g/mol. The predicted octanol–water partition coefficient (Wildman–Crippen LogP) is 2.97. The quantitative estimate of drug-likeness (QED) is 0.542. The first kappa shape index (κ1) is 19.9. The summed E-state index contributed by atoms with van der Waals surface area (Å²) in [6.07, 6.45) is 3.23. The summed E-state index contributed by atoms with van der Waals surface area (Å²) in [5, 5.41) is 5.64. The highest BCUT2D eigenvalue weighted by Gasteiger charge is 2.31. The number of nitrogens with zero attached hydrogens (tertiary/aromatic N) is 2. The fraction of sp³-hybridized carbons (Fsp3) is 0.300. The average Bonchev–Trinajstić information content (AvgIpc) is 3.03. The van der Waals surface area contributed by atoms with Crippen molar-refractivity contribution in [3.63, 3.8) is 0 Å². The van der Waals surface area contributed by atoms with E-state index < -0.39 is 0 Å². The minimum Gasteiger partial charge on any atom is -0.487 e. The Labute approximate surface area is 167 Å². The number of oxime groups is 1. The third-order valence-corrected chi connectivity index (χ3v) is 5.20. The fourth-order valence-corrected chi connectivity index (χ4v) is 3.54. The first-order valence-corrected chi connectivity index (χ1v) is 9.75.